The van der Waals surface area contributed by atoms with Crippen LogP contribution in [0.4, 0.5) is 0 Å². The molecule has 0 aliphatic heterocycles. The highest BCUT2D eigenvalue weighted by atomic mass is 35.5. The van der Waals surface area contributed by atoms with Crippen molar-refractivity contribution in [2.24, 2.45) is 0 Å². The zero-order valence-corrected chi connectivity index (χ0v) is 7.78. The van der Waals surface area contributed by atoms with E-state index in [2.05, 4.69) is 10.1 Å². The van der Waals surface area contributed by atoms with Crippen LogP contribution in [-0.2, 0) is 14.3 Å². The number of carbonyl (C=O) groups is 2. The monoisotopic (exact) mass is 211 g/mol. The second-order valence-electron chi connectivity index (χ2n) is 1.78. The topological polar surface area (TPSA) is 55.4 Å². The Labute approximate surface area is 79.5 Å². The third-order valence-electron chi connectivity index (χ3n) is 0.749. The summed E-state index contributed by atoms with van der Waals surface area (Å²) in [5.41, 5.74) is 0. The van der Waals surface area contributed by atoms with Gasteiger partial charge in [-0.15, -0.1) is 0 Å². The summed E-state index contributed by atoms with van der Waals surface area (Å²) in [5, 5.41) is 2.20. The maximum absolute atomic E-state index is 10.7. The first-order valence-corrected chi connectivity index (χ1v) is 3.72. The van der Waals surface area contributed by atoms with Gasteiger partial charge in [0.25, 0.3) is 5.91 Å². The van der Waals surface area contributed by atoms with E-state index in [4.69, 9.17) is 23.2 Å². The highest BCUT2D eigenvalue weighted by molar-refractivity contribution is 6.55. The van der Waals surface area contributed by atoms with Crippen molar-refractivity contribution >= 4 is 35.1 Å². The van der Waals surface area contributed by atoms with Gasteiger partial charge in [-0.2, -0.15) is 0 Å². The van der Waals surface area contributed by atoms with E-state index < -0.39 is 11.9 Å². The Morgan fingerprint density at radius 2 is 2.08 bits per heavy atom. The summed E-state index contributed by atoms with van der Waals surface area (Å²) in [6, 6.07) is 0. The highest BCUT2D eigenvalue weighted by Gasteiger charge is 2.00. The van der Waals surface area contributed by atoms with Crippen molar-refractivity contribution in [3.8, 4) is 0 Å². The van der Waals surface area contributed by atoms with E-state index in [0.29, 0.717) is 0 Å². The van der Waals surface area contributed by atoms with Crippen LogP contribution in [-0.4, -0.2) is 18.5 Å². The molecular formula is C6H7Cl2NO3. The van der Waals surface area contributed by atoms with Crippen molar-refractivity contribution in [1.29, 1.82) is 0 Å². The van der Waals surface area contributed by atoms with Crippen LogP contribution in [0.15, 0.2) is 10.7 Å². The van der Waals surface area contributed by atoms with Crippen LogP contribution in [0.25, 0.3) is 0 Å². The molecule has 0 unspecified atom stereocenters. The molecule has 0 spiro atoms. The number of amides is 1. The minimum atomic E-state index is -0.522. The smallest absolute Gasteiger partial charge is 0.303 e. The Kier molecular flexibility index (Phi) is 5.49. The van der Waals surface area contributed by atoms with E-state index in [0.717, 1.165) is 6.20 Å². The van der Waals surface area contributed by atoms with Crippen LogP contribution in [0.1, 0.15) is 6.92 Å². The van der Waals surface area contributed by atoms with Gasteiger partial charge in [0.2, 0.25) is 0 Å². The van der Waals surface area contributed by atoms with Gasteiger partial charge in [0, 0.05) is 13.1 Å². The summed E-state index contributed by atoms with van der Waals surface area (Å²) < 4.78 is 4.29. The molecule has 1 amide bonds. The summed E-state index contributed by atoms with van der Waals surface area (Å²) in [4.78, 5) is 20.9. The summed E-state index contributed by atoms with van der Waals surface area (Å²) in [7, 11) is 0. The fourth-order valence-corrected chi connectivity index (χ4v) is 0.453. The quantitative estimate of drug-likeness (QED) is 0.708. The Morgan fingerprint density at radius 1 is 1.50 bits per heavy atom. The molecule has 0 aromatic rings. The fraction of sp³-hybridized carbons (Fsp3) is 0.333. The molecule has 68 valence electrons. The van der Waals surface area contributed by atoms with E-state index in [1.165, 1.54) is 6.92 Å². The Hall–Kier alpha value is -0.740. The van der Waals surface area contributed by atoms with Crippen LogP contribution < -0.4 is 5.32 Å². The van der Waals surface area contributed by atoms with E-state index >= 15 is 0 Å². The molecule has 0 saturated carbocycles. The third kappa shape index (κ3) is 7.37. The molecule has 0 bridgehead atoms. The molecule has 0 aromatic heterocycles. The molecule has 1 N–H and O–H groups in total. The van der Waals surface area contributed by atoms with Gasteiger partial charge in [-0.1, -0.05) is 23.2 Å². The van der Waals surface area contributed by atoms with Crippen molar-refractivity contribution in [2.45, 2.75) is 6.92 Å². The molecule has 0 saturated heterocycles. The van der Waals surface area contributed by atoms with Gasteiger partial charge in [0.05, 0.1) is 0 Å². The van der Waals surface area contributed by atoms with Crippen LogP contribution in [0.2, 0.25) is 0 Å². The molecule has 0 rings (SSSR count). The minimum absolute atomic E-state index is 0.0776. The lowest BCUT2D eigenvalue weighted by Crippen LogP contribution is -2.23. The predicted molar refractivity (Wildman–Crippen MR) is 44.6 cm³/mol. The van der Waals surface area contributed by atoms with Crippen molar-refractivity contribution in [3.05, 3.63) is 10.7 Å². The zero-order valence-electron chi connectivity index (χ0n) is 6.27. The van der Waals surface area contributed by atoms with E-state index in [9.17, 15) is 9.59 Å². The largest absolute Gasteiger partial charge is 0.456 e. The van der Waals surface area contributed by atoms with Gasteiger partial charge in [-0.3, -0.25) is 9.59 Å². The number of rotatable bonds is 3. The van der Waals surface area contributed by atoms with E-state index in [1.807, 2.05) is 0 Å². The molecule has 0 atom stereocenters. The molecule has 0 fully saturated rings. The van der Waals surface area contributed by atoms with Crippen molar-refractivity contribution < 1.29 is 14.3 Å². The maximum atomic E-state index is 10.7. The average Bonchev–Trinajstić information content (AvgIpc) is 1.96. The number of nitrogens with one attached hydrogen (secondary N) is 1. The Morgan fingerprint density at radius 3 is 2.50 bits per heavy atom. The van der Waals surface area contributed by atoms with Crippen LogP contribution in [0.3, 0.4) is 0 Å². The summed E-state index contributed by atoms with van der Waals surface area (Å²) in [5.74, 6) is -1.02. The van der Waals surface area contributed by atoms with Crippen molar-refractivity contribution in [1.82, 2.24) is 5.32 Å². The lowest BCUT2D eigenvalue weighted by Gasteiger charge is -1.99. The van der Waals surface area contributed by atoms with Crippen LogP contribution in [0, 0.1) is 0 Å². The number of hydrogen-bond donors (Lipinski definition) is 1. The van der Waals surface area contributed by atoms with Gasteiger partial charge >= 0.3 is 5.97 Å². The molecule has 0 radical (unpaired) electrons. The zero-order chi connectivity index (χ0) is 9.56. The SMILES string of the molecule is CC(=O)OCC(=O)NC=C(Cl)Cl. The molecule has 12 heavy (non-hydrogen) atoms. The Balaban J connectivity index is 3.61. The molecule has 0 aliphatic carbocycles. The molecule has 4 nitrogen and oxygen atoms in total. The summed E-state index contributed by atoms with van der Waals surface area (Å²) >= 11 is 10.4. The van der Waals surface area contributed by atoms with Gasteiger partial charge < -0.3 is 10.1 Å². The molecule has 0 aromatic carbocycles. The predicted octanol–water partition coefficient (Wildman–Crippen LogP) is 0.942. The molecular weight excluding hydrogens is 205 g/mol. The number of halogens is 2. The first kappa shape index (κ1) is 11.3. The molecule has 0 aliphatic rings. The maximum Gasteiger partial charge on any atom is 0.303 e. The van der Waals surface area contributed by atoms with Gasteiger partial charge in [0.1, 0.15) is 4.49 Å². The lowest BCUT2D eigenvalue weighted by atomic mass is 10.6. The summed E-state index contributed by atoms with van der Waals surface area (Å²) in [6.45, 7) is 0.866. The molecule has 6 heteroatoms. The second kappa shape index (κ2) is 5.85. The van der Waals surface area contributed by atoms with Crippen LogP contribution >= 0.6 is 23.2 Å². The van der Waals surface area contributed by atoms with E-state index in [-0.39, 0.29) is 11.1 Å². The number of carbonyl (C=O) groups excluding carboxylic acids is 2. The second-order valence-corrected chi connectivity index (χ2v) is 2.79. The van der Waals surface area contributed by atoms with Crippen LogP contribution in [0.5, 0.6) is 0 Å². The number of ether oxygens (including phenoxy) is 1. The lowest BCUT2D eigenvalue weighted by molar-refractivity contribution is -0.146. The van der Waals surface area contributed by atoms with E-state index in [1.54, 1.807) is 0 Å². The normalized spacial score (nSPS) is 8.58. The highest BCUT2D eigenvalue weighted by Crippen LogP contribution is 2.02. The van der Waals surface area contributed by atoms with Gasteiger partial charge in [-0.05, 0) is 0 Å². The number of esters is 1. The average molecular weight is 212 g/mol. The van der Waals surface area contributed by atoms with Crippen molar-refractivity contribution in [3.63, 3.8) is 0 Å². The van der Waals surface area contributed by atoms with Gasteiger partial charge in [0.15, 0.2) is 6.61 Å². The van der Waals surface area contributed by atoms with Crippen molar-refractivity contribution in [2.75, 3.05) is 6.61 Å². The van der Waals surface area contributed by atoms with Gasteiger partial charge in [-0.25, -0.2) is 0 Å². The molecule has 0 heterocycles. The minimum Gasteiger partial charge on any atom is -0.456 e. The third-order valence-corrected chi connectivity index (χ3v) is 0.967. The fourth-order valence-electron chi connectivity index (χ4n) is 0.344. The summed E-state index contributed by atoms with van der Waals surface area (Å²) in [6.07, 6.45) is 1.09. The Bertz CT molecular complexity index is 211. The first-order valence-electron chi connectivity index (χ1n) is 2.96. The number of hydrogen-bond acceptors (Lipinski definition) is 3. The first-order chi connectivity index (χ1) is 5.52. The standard InChI is InChI=1S/C6H7Cl2NO3/c1-4(10)12-3-6(11)9-2-5(7)8/h2H,3H2,1H3,(H,9,11).